The maximum Gasteiger partial charge on any atom is 0.156 e. The first-order chi connectivity index (χ1) is 8.67. The average Bonchev–Trinajstić information content (AvgIpc) is 2.79. The van der Waals surface area contributed by atoms with Crippen LogP contribution in [0.2, 0.25) is 0 Å². The van der Waals surface area contributed by atoms with Crippen LogP contribution in [0.5, 0.6) is 0 Å². The van der Waals surface area contributed by atoms with E-state index in [0.717, 1.165) is 18.3 Å². The molecule has 0 fully saturated rings. The third-order valence-electron chi connectivity index (χ3n) is 3.33. The van der Waals surface area contributed by atoms with Gasteiger partial charge in [0.15, 0.2) is 12.1 Å². The van der Waals surface area contributed by atoms with Gasteiger partial charge in [0, 0.05) is 5.56 Å². The van der Waals surface area contributed by atoms with Crippen molar-refractivity contribution in [3.8, 4) is 11.3 Å². The number of aromatic amines is 1. The van der Waals surface area contributed by atoms with Crippen LogP contribution >= 0.6 is 0 Å². The molecule has 0 aliphatic rings. The smallest absolute Gasteiger partial charge is 0.156 e. The Hall–Kier alpha value is -2.10. The lowest BCUT2D eigenvalue weighted by Crippen LogP contribution is -1.92. The number of nitrogen functional groups attached to an aromatic ring is 1. The van der Waals surface area contributed by atoms with Crippen LogP contribution in [0.1, 0.15) is 42.1 Å². The Morgan fingerprint density at radius 1 is 1.39 bits per heavy atom. The van der Waals surface area contributed by atoms with Gasteiger partial charge in [0.05, 0.1) is 11.3 Å². The molecule has 0 bridgehead atoms. The first-order valence-electron chi connectivity index (χ1n) is 6.06. The van der Waals surface area contributed by atoms with Gasteiger partial charge in [-0.1, -0.05) is 38.1 Å². The van der Waals surface area contributed by atoms with Crippen molar-refractivity contribution >= 4 is 12.1 Å². The number of nitrogens with zero attached hydrogens (tertiary/aromatic N) is 1. The molecule has 0 radical (unpaired) electrons. The number of benzene rings is 1. The van der Waals surface area contributed by atoms with Crippen LogP contribution in [0.25, 0.3) is 11.3 Å². The van der Waals surface area contributed by atoms with Crippen molar-refractivity contribution in [2.24, 2.45) is 0 Å². The lowest BCUT2D eigenvalue weighted by molar-refractivity contribution is 0.112. The van der Waals surface area contributed by atoms with Crippen LogP contribution < -0.4 is 5.73 Å². The SMILES string of the molecule is CCC(C)c1ccc(-c2[nH]nc(N)c2C=O)cc1. The standard InChI is InChI=1S/C14H17N3O/c1-3-9(2)10-4-6-11(7-5-10)13-12(8-18)14(15)17-16-13/h4-9H,3H2,1-2H3,(H3,15,16,17). The Bertz CT molecular complexity index is 543. The molecule has 2 rings (SSSR count). The second-order valence-corrected chi connectivity index (χ2v) is 4.45. The van der Waals surface area contributed by atoms with Crippen LogP contribution in [0, 0.1) is 0 Å². The van der Waals surface area contributed by atoms with Crippen molar-refractivity contribution in [1.82, 2.24) is 10.2 Å². The molecule has 3 N–H and O–H groups in total. The first-order valence-corrected chi connectivity index (χ1v) is 6.06. The maximum atomic E-state index is 11.0. The van der Waals surface area contributed by atoms with E-state index in [4.69, 9.17) is 5.73 Å². The van der Waals surface area contributed by atoms with Gasteiger partial charge in [-0.25, -0.2) is 0 Å². The summed E-state index contributed by atoms with van der Waals surface area (Å²) in [5, 5.41) is 6.66. The number of hydrogen-bond acceptors (Lipinski definition) is 3. The summed E-state index contributed by atoms with van der Waals surface area (Å²) in [6.45, 7) is 4.36. The molecular weight excluding hydrogens is 226 g/mol. The number of carbonyl (C=O) groups is 1. The highest BCUT2D eigenvalue weighted by Crippen LogP contribution is 2.26. The van der Waals surface area contributed by atoms with E-state index in [1.54, 1.807) is 0 Å². The van der Waals surface area contributed by atoms with Gasteiger partial charge < -0.3 is 5.73 Å². The van der Waals surface area contributed by atoms with Gasteiger partial charge in [-0.05, 0) is 17.9 Å². The maximum absolute atomic E-state index is 11.0. The predicted octanol–water partition coefficient (Wildman–Crippen LogP) is 2.98. The number of carbonyl (C=O) groups excluding carboxylic acids is 1. The third-order valence-corrected chi connectivity index (χ3v) is 3.33. The number of hydrogen-bond donors (Lipinski definition) is 2. The molecule has 4 heteroatoms. The molecule has 1 aromatic carbocycles. The number of anilines is 1. The van der Waals surface area contributed by atoms with E-state index >= 15 is 0 Å². The molecule has 0 aliphatic heterocycles. The van der Waals surface area contributed by atoms with Gasteiger partial charge in [-0.2, -0.15) is 5.10 Å². The number of aromatic nitrogens is 2. The summed E-state index contributed by atoms with van der Waals surface area (Å²) in [6, 6.07) is 8.13. The van der Waals surface area contributed by atoms with E-state index in [1.165, 1.54) is 5.56 Å². The molecule has 1 heterocycles. The van der Waals surface area contributed by atoms with Crippen LogP contribution in [-0.2, 0) is 0 Å². The van der Waals surface area contributed by atoms with Crippen LogP contribution in [-0.4, -0.2) is 16.5 Å². The van der Waals surface area contributed by atoms with Crippen molar-refractivity contribution in [1.29, 1.82) is 0 Å². The minimum absolute atomic E-state index is 0.242. The molecule has 2 aromatic rings. The average molecular weight is 243 g/mol. The van der Waals surface area contributed by atoms with E-state index < -0.39 is 0 Å². The van der Waals surface area contributed by atoms with Crippen molar-refractivity contribution in [2.45, 2.75) is 26.2 Å². The number of nitrogens with two attached hydrogens (primary N) is 1. The van der Waals surface area contributed by atoms with E-state index in [1.807, 2.05) is 12.1 Å². The number of nitrogens with one attached hydrogen (secondary N) is 1. The summed E-state index contributed by atoms with van der Waals surface area (Å²) in [5.41, 5.74) is 8.93. The Labute approximate surface area is 106 Å². The molecule has 1 atom stereocenters. The van der Waals surface area contributed by atoms with Crippen molar-refractivity contribution in [2.75, 3.05) is 5.73 Å². The molecule has 0 saturated carbocycles. The Balaban J connectivity index is 2.37. The van der Waals surface area contributed by atoms with E-state index in [-0.39, 0.29) is 5.82 Å². The second-order valence-electron chi connectivity index (χ2n) is 4.45. The monoisotopic (exact) mass is 243 g/mol. The van der Waals surface area contributed by atoms with Gasteiger partial charge in [0.2, 0.25) is 0 Å². The summed E-state index contributed by atoms with van der Waals surface area (Å²) < 4.78 is 0. The molecule has 0 aliphatic carbocycles. The van der Waals surface area contributed by atoms with Crippen molar-refractivity contribution in [3.63, 3.8) is 0 Å². The lowest BCUT2D eigenvalue weighted by atomic mass is 9.96. The highest BCUT2D eigenvalue weighted by Gasteiger charge is 2.12. The largest absolute Gasteiger partial charge is 0.382 e. The topological polar surface area (TPSA) is 71.8 Å². The fraction of sp³-hybridized carbons (Fsp3) is 0.286. The molecule has 0 saturated heterocycles. The van der Waals surface area contributed by atoms with Crippen LogP contribution in [0.4, 0.5) is 5.82 Å². The molecule has 18 heavy (non-hydrogen) atoms. The Morgan fingerprint density at radius 2 is 2.06 bits per heavy atom. The predicted molar refractivity (Wildman–Crippen MR) is 72.5 cm³/mol. The van der Waals surface area contributed by atoms with Crippen LogP contribution in [0.3, 0.4) is 0 Å². The summed E-state index contributed by atoms with van der Waals surface area (Å²) >= 11 is 0. The molecule has 0 amide bonds. The lowest BCUT2D eigenvalue weighted by Gasteiger charge is -2.09. The van der Waals surface area contributed by atoms with E-state index in [0.29, 0.717) is 17.2 Å². The second kappa shape index (κ2) is 5.04. The molecular formula is C14H17N3O. The summed E-state index contributed by atoms with van der Waals surface area (Å²) in [5.74, 6) is 0.780. The molecule has 4 nitrogen and oxygen atoms in total. The van der Waals surface area contributed by atoms with Gasteiger partial charge >= 0.3 is 0 Å². The quantitative estimate of drug-likeness (QED) is 0.811. The third kappa shape index (κ3) is 2.14. The van der Waals surface area contributed by atoms with Crippen LogP contribution in [0.15, 0.2) is 24.3 Å². The van der Waals surface area contributed by atoms with E-state index in [2.05, 4.69) is 36.2 Å². The molecule has 0 spiro atoms. The number of H-pyrrole nitrogens is 1. The zero-order valence-electron chi connectivity index (χ0n) is 10.6. The van der Waals surface area contributed by atoms with Gasteiger partial charge in [0.1, 0.15) is 0 Å². The van der Waals surface area contributed by atoms with E-state index in [9.17, 15) is 4.79 Å². The normalized spacial score (nSPS) is 12.3. The zero-order valence-corrected chi connectivity index (χ0v) is 10.6. The first kappa shape index (κ1) is 12.4. The van der Waals surface area contributed by atoms with Crippen molar-refractivity contribution in [3.05, 3.63) is 35.4 Å². The number of rotatable bonds is 4. The minimum atomic E-state index is 0.242. The van der Waals surface area contributed by atoms with Gasteiger partial charge in [-0.15, -0.1) is 0 Å². The molecule has 1 aromatic heterocycles. The number of aldehydes is 1. The molecule has 94 valence electrons. The van der Waals surface area contributed by atoms with Gasteiger partial charge in [-0.3, -0.25) is 9.89 Å². The Morgan fingerprint density at radius 3 is 2.61 bits per heavy atom. The summed E-state index contributed by atoms with van der Waals surface area (Å²) in [4.78, 5) is 11.0. The van der Waals surface area contributed by atoms with Crippen molar-refractivity contribution < 1.29 is 4.79 Å². The highest BCUT2D eigenvalue weighted by atomic mass is 16.1. The Kier molecular flexibility index (Phi) is 3.46. The highest BCUT2D eigenvalue weighted by molar-refractivity contribution is 5.91. The fourth-order valence-corrected chi connectivity index (χ4v) is 1.92. The molecule has 1 unspecified atom stereocenters. The van der Waals surface area contributed by atoms with Gasteiger partial charge in [0.25, 0.3) is 0 Å². The minimum Gasteiger partial charge on any atom is -0.382 e. The summed E-state index contributed by atoms with van der Waals surface area (Å²) in [7, 11) is 0. The summed E-state index contributed by atoms with van der Waals surface area (Å²) in [6.07, 6.45) is 1.84. The fourth-order valence-electron chi connectivity index (χ4n) is 1.92. The zero-order chi connectivity index (χ0) is 13.1.